The number of unbranched alkanes of at least 4 members (excludes halogenated alkanes) is 1. The van der Waals surface area contributed by atoms with Gasteiger partial charge in [0.1, 0.15) is 11.6 Å². The van der Waals surface area contributed by atoms with Crippen LogP contribution in [0.1, 0.15) is 37.6 Å². The number of imidazole rings is 1. The molecule has 0 spiro atoms. The van der Waals surface area contributed by atoms with Gasteiger partial charge in [-0.25, -0.2) is 9.97 Å². The molecule has 2 aromatic rings. The lowest BCUT2D eigenvalue weighted by atomic mass is 10.2. The first-order chi connectivity index (χ1) is 9.70. The fraction of sp³-hybridized carbons (Fsp3) is 0.400. The lowest BCUT2D eigenvalue weighted by molar-refractivity contribution is -0.121. The van der Waals surface area contributed by atoms with Crippen molar-refractivity contribution in [2.75, 3.05) is 0 Å². The Kier molecular flexibility index (Phi) is 4.87. The van der Waals surface area contributed by atoms with Gasteiger partial charge in [-0.05, 0) is 25.0 Å². The lowest BCUT2D eigenvalue weighted by Gasteiger charge is -2.07. The van der Waals surface area contributed by atoms with Gasteiger partial charge in [-0.3, -0.25) is 9.36 Å². The molecule has 2 rings (SSSR count). The molecule has 0 aliphatic heterocycles. The van der Waals surface area contributed by atoms with Gasteiger partial charge in [0.2, 0.25) is 5.91 Å². The van der Waals surface area contributed by atoms with Crippen LogP contribution in [0.2, 0.25) is 0 Å². The molecule has 5 nitrogen and oxygen atoms in total. The Balaban J connectivity index is 1.92. The Labute approximate surface area is 119 Å². The van der Waals surface area contributed by atoms with E-state index in [1.54, 1.807) is 12.4 Å². The van der Waals surface area contributed by atoms with Crippen molar-refractivity contribution in [2.45, 2.75) is 39.7 Å². The number of carbonyl (C=O) groups excluding carboxylic acids is 1. The first kappa shape index (κ1) is 14.2. The fourth-order valence-electron chi connectivity index (χ4n) is 1.91. The second kappa shape index (κ2) is 6.84. The molecule has 0 aliphatic rings. The largest absolute Gasteiger partial charge is 0.352 e. The molecular weight excluding hydrogens is 252 g/mol. The molecule has 0 saturated carbocycles. The van der Waals surface area contributed by atoms with Crippen LogP contribution in [0.3, 0.4) is 0 Å². The monoisotopic (exact) mass is 272 g/mol. The van der Waals surface area contributed by atoms with E-state index in [4.69, 9.17) is 0 Å². The van der Waals surface area contributed by atoms with Gasteiger partial charge in [0.05, 0.1) is 0 Å². The maximum Gasteiger partial charge on any atom is 0.220 e. The molecular formula is C15H20N4O. The Morgan fingerprint density at radius 1 is 1.35 bits per heavy atom. The number of aryl methyl sites for hydroxylation is 1. The second-order valence-electron chi connectivity index (χ2n) is 4.75. The fourth-order valence-corrected chi connectivity index (χ4v) is 1.91. The normalized spacial score (nSPS) is 10.5. The molecule has 0 fully saturated rings. The van der Waals surface area contributed by atoms with Crippen LogP contribution in [0.4, 0.5) is 0 Å². The zero-order valence-electron chi connectivity index (χ0n) is 12.0. The number of aromatic nitrogens is 3. The number of nitrogens with one attached hydrogen (secondary N) is 1. The summed E-state index contributed by atoms with van der Waals surface area (Å²) >= 11 is 0. The van der Waals surface area contributed by atoms with E-state index in [1.807, 2.05) is 29.8 Å². The Morgan fingerprint density at radius 3 is 2.80 bits per heavy atom. The summed E-state index contributed by atoms with van der Waals surface area (Å²) < 4.78 is 1.92. The van der Waals surface area contributed by atoms with Crippen molar-refractivity contribution in [3.8, 4) is 5.82 Å². The topological polar surface area (TPSA) is 59.8 Å². The molecule has 1 N–H and O–H groups in total. The third-order valence-electron chi connectivity index (χ3n) is 3.13. The highest BCUT2D eigenvalue weighted by Crippen LogP contribution is 2.08. The predicted octanol–water partition coefficient (Wildman–Crippen LogP) is 2.38. The van der Waals surface area contributed by atoms with Gasteiger partial charge in [0.25, 0.3) is 0 Å². The van der Waals surface area contributed by atoms with E-state index in [1.165, 1.54) is 0 Å². The summed E-state index contributed by atoms with van der Waals surface area (Å²) in [6.07, 6.45) is 7.98. The summed E-state index contributed by atoms with van der Waals surface area (Å²) in [6, 6.07) is 3.91. The maximum atomic E-state index is 11.5. The van der Waals surface area contributed by atoms with E-state index in [0.29, 0.717) is 13.0 Å². The summed E-state index contributed by atoms with van der Waals surface area (Å²) in [5.41, 5.74) is 0.997. The third-order valence-corrected chi connectivity index (χ3v) is 3.13. The summed E-state index contributed by atoms with van der Waals surface area (Å²) in [5, 5.41) is 2.90. The van der Waals surface area contributed by atoms with Crippen molar-refractivity contribution in [2.24, 2.45) is 0 Å². The highest BCUT2D eigenvalue weighted by molar-refractivity contribution is 5.75. The molecule has 1 amide bonds. The molecule has 2 heterocycles. The van der Waals surface area contributed by atoms with Crippen LogP contribution in [0.25, 0.3) is 5.82 Å². The van der Waals surface area contributed by atoms with Crippen LogP contribution >= 0.6 is 0 Å². The van der Waals surface area contributed by atoms with Crippen LogP contribution < -0.4 is 5.32 Å². The van der Waals surface area contributed by atoms with Gasteiger partial charge in [-0.15, -0.1) is 0 Å². The van der Waals surface area contributed by atoms with Crippen LogP contribution in [0.15, 0.2) is 30.7 Å². The summed E-state index contributed by atoms with van der Waals surface area (Å²) in [5.74, 6) is 1.83. The van der Waals surface area contributed by atoms with Gasteiger partial charge in [-0.1, -0.05) is 19.4 Å². The van der Waals surface area contributed by atoms with Crippen LogP contribution in [-0.4, -0.2) is 20.4 Å². The molecule has 106 valence electrons. The molecule has 0 radical (unpaired) electrons. The Hall–Kier alpha value is -2.17. The summed E-state index contributed by atoms with van der Waals surface area (Å²) in [4.78, 5) is 20.1. The third kappa shape index (κ3) is 3.66. The van der Waals surface area contributed by atoms with Gasteiger partial charge in [-0.2, -0.15) is 0 Å². The van der Waals surface area contributed by atoms with Crippen molar-refractivity contribution in [3.63, 3.8) is 0 Å². The molecule has 5 heteroatoms. The van der Waals surface area contributed by atoms with Crippen molar-refractivity contribution in [1.82, 2.24) is 19.9 Å². The Morgan fingerprint density at radius 2 is 2.20 bits per heavy atom. The highest BCUT2D eigenvalue weighted by Gasteiger charge is 2.03. The lowest BCUT2D eigenvalue weighted by Crippen LogP contribution is -2.22. The SMILES string of the molecule is CCCCC(=O)NCc1ccc(-n2ccnc2C)nc1. The smallest absolute Gasteiger partial charge is 0.220 e. The molecule has 0 bridgehead atoms. The van der Waals surface area contributed by atoms with E-state index >= 15 is 0 Å². The first-order valence-corrected chi connectivity index (χ1v) is 6.92. The molecule has 0 aromatic carbocycles. The second-order valence-corrected chi connectivity index (χ2v) is 4.75. The number of rotatable bonds is 6. The predicted molar refractivity (Wildman–Crippen MR) is 77.5 cm³/mol. The van der Waals surface area contributed by atoms with E-state index in [9.17, 15) is 4.79 Å². The molecule has 0 unspecified atom stereocenters. The minimum Gasteiger partial charge on any atom is -0.352 e. The standard InChI is InChI=1S/C15H20N4O/c1-3-4-5-15(20)18-11-13-6-7-14(17-10-13)19-9-8-16-12(19)2/h6-10H,3-5,11H2,1-2H3,(H,18,20). The van der Waals surface area contributed by atoms with Gasteiger partial charge < -0.3 is 5.32 Å². The number of nitrogens with zero attached hydrogens (tertiary/aromatic N) is 3. The van der Waals surface area contributed by atoms with Crippen LogP contribution in [0, 0.1) is 6.92 Å². The van der Waals surface area contributed by atoms with Gasteiger partial charge in [0.15, 0.2) is 0 Å². The van der Waals surface area contributed by atoms with Crippen molar-refractivity contribution < 1.29 is 4.79 Å². The number of hydrogen-bond donors (Lipinski definition) is 1. The minimum absolute atomic E-state index is 0.0985. The summed E-state index contributed by atoms with van der Waals surface area (Å²) in [7, 11) is 0. The molecule has 0 atom stereocenters. The zero-order chi connectivity index (χ0) is 14.4. The van der Waals surface area contributed by atoms with Crippen molar-refractivity contribution in [1.29, 1.82) is 0 Å². The minimum atomic E-state index is 0.0985. The van der Waals surface area contributed by atoms with Gasteiger partial charge >= 0.3 is 0 Å². The number of hydrogen-bond acceptors (Lipinski definition) is 3. The molecule has 0 aliphatic carbocycles. The van der Waals surface area contributed by atoms with Crippen LogP contribution in [-0.2, 0) is 11.3 Å². The molecule has 20 heavy (non-hydrogen) atoms. The number of carbonyl (C=O) groups is 1. The number of pyridine rings is 1. The maximum absolute atomic E-state index is 11.5. The summed E-state index contributed by atoms with van der Waals surface area (Å²) in [6.45, 7) is 4.54. The van der Waals surface area contributed by atoms with Crippen molar-refractivity contribution in [3.05, 3.63) is 42.1 Å². The van der Waals surface area contributed by atoms with E-state index in [0.717, 1.165) is 30.0 Å². The molecule has 0 saturated heterocycles. The van der Waals surface area contributed by atoms with Crippen molar-refractivity contribution >= 4 is 5.91 Å². The first-order valence-electron chi connectivity index (χ1n) is 6.92. The highest BCUT2D eigenvalue weighted by atomic mass is 16.1. The zero-order valence-corrected chi connectivity index (χ0v) is 12.0. The van der Waals surface area contributed by atoms with E-state index in [2.05, 4.69) is 22.2 Å². The average molecular weight is 272 g/mol. The molecule has 2 aromatic heterocycles. The van der Waals surface area contributed by atoms with E-state index < -0.39 is 0 Å². The Bertz CT molecular complexity index is 560. The number of amides is 1. The quantitative estimate of drug-likeness (QED) is 0.878. The van der Waals surface area contributed by atoms with Gasteiger partial charge in [0, 0.05) is 31.6 Å². The average Bonchev–Trinajstić information content (AvgIpc) is 2.89. The van der Waals surface area contributed by atoms with Crippen LogP contribution in [0.5, 0.6) is 0 Å². The van der Waals surface area contributed by atoms with E-state index in [-0.39, 0.29) is 5.91 Å².